The minimum Gasteiger partial charge on any atom is -0.507 e. The van der Waals surface area contributed by atoms with Crippen molar-refractivity contribution in [3.63, 3.8) is 0 Å². The summed E-state index contributed by atoms with van der Waals surface area (Å²) in [6.45, 7) is 2.94. The Kier molecular flexibility index (Phi) is 11.0. The molecule has 17 nitrogen and oxygen atoms in total. The number of phenolic OH excluding ortho intramolecular Hbond substituents is 2. The van der Waals surface area contributed by atoms with E-state index in [0.717, 1.165) is 16.5 Å². The number of fused-ring (bicyclic) bond motifs is 2. The van der Waals surface area contributed by atoms with Gasteiger partial charge in [-0.2, -0.15) is 5.10 Å². The fraction of sp³-hybridized carbons (Fsp3) is 0.421. The number of aryl methyl sites for hydroxylation is 1. The maximum Gasteiger partial charge on any atom is 0.229 e. The summed E-state index contributed by atoms with van der Waals surface area (Å²) in [6.07, 6.45) is -15.6. The van der Waals surface area contributed by atoms with Gasteiger partial charge in [-0.15, -0.1) is 0 Å². The fourth-order valence-electron chi connectivity index (χ4n) is 6.85. The number of ether oxygens (including phenoxy) is 6. The Bertz CT molecular complexity index is 2050. The molecule has 0 amide bonds. The van der Waals surface area contributed by atoms with Crippen molar-refractivity contribution in [2.24, 2.45) is 5.10 Å². The zero-order chi connectivity index (χ0) is 39.1. The van der Waals surface area contributed by atoms with Gasteiger partial charge in [0.2, 0.25) is 6.29 Å². The van der Waals surface area contributed by atoms with E-state index < -0.39 is 74.1 Å². The van der Waals surface area contributed by atoms with Crippen LogP contribution in [0.4, 0.5) is 5.82 Å². The Labute approximate surface area is 314 Å². The van der Waals surface area contributed by atoms with Crippen molar-refractivity contribution in [3.05, 3.63) is 77.4 Å². The van der Waals surface area contributed by atoms with E-state index in [-0.39, 0.29) is 40.7 Å². The minimum absolute atomic E-state index is 0.0575. The van der Waals surface area contributed by atoms with Gasteiger partial charge in [-0.1, -0.05) is 24.3 Å². The quantitative estimate of drug-likeness (QED) is 0.109. The lowest BCUT2D eigenvalue weighted by Crippen LogP contribution is -2.61. The summed E-state index contributed by atoms with van der Waals surface area (Å²) in [6, 6.07) is 17.0. The van der Waals surface area contributed by atoms with Crippen molar-refractivity contribution in [2.75, 3.05) is 19.1 Å². The van der Waals surface area contributed by atoms with Crippen LogP contribution in [0, 0.1) is 6.92 Å². The third-order valence-corrected chi connectivity index (χ3v) is 9.95. The number of nitrogens with one attached hydrogen (secondary N) is 1. The van der Waals surface area contributed by atoms with Gasteiger partial charge >= 0.3 is 0 Å². The first-order chi connectivity index (χ1) is 26.3. The molecule has 11 atom stereocenters. The molecule has 4 heterocycles. The largest absolute Gasteiger partial charge is 0.507 e. The highest BCUT2D eigenvalue weighted by molar-refractivity contribution is 6.07. The summed E-state index contributed by atoms with van der Waals surface area (Å²) >= 11 is 0. The molecule has 7 rings (SSSR count). The highest BCUT2D eigenvalue weighted by Crippen LogP contribution is 2.44. The highest BCUT2D eigenvalue weighted by atomic mass is 16.7. The molecule has 0 radical (unpaired) electrons. The smallest absolute Gasteiger partial charge is 0.229 e. The number of rotatable bonds is 9. The number of aromatic hydroxyl groups is 2. The third kappa shape index (κ3) is 7.71. The number of hydrogen-bond acceptors (Lipinski definition) is 17. The molecule has 55 heavy (non-hydrogen) atoms. The Morgan fingerprint density at radius 3 is 2.35 bits per heavy atom. The van der Waals surface area contributed by atoms with Gasteiger partial charge < -0.3 is 69.3 Å². The van der Waals surface area contributed by atoms with E-state index >= 15 is 0 Å². The fourth-order valence-corrected chi connectivity index (χ4v) is 6.85. The van der Waals surface area contributed by atoms with Crippen LogP contribution in [0.25, 0.3) is 10.9 Å². The lowest BCUT2D eigenvalue weighted by atomic mass is 9.94. The number of anilines is 1. The van der Waals surface area contributed by atoms with Crippen LogP contribution in [0.15, 0.2) is 65.8 Å². The van der Waals surface area contributed by atoms with Crippen molar-refractivity contribution in [1.82, 2.24) is 4.98 Å². The molecule has 2 fully saturated rings. The van der Waals surface area contributed by atoms with Crippen molar-refractivity contribution in [3.8, 4) is 28.7 Å². The number of hydrogen-bond donors (Lipinski definition) is 9. The molecule has 0 spiro atoms. The molecule has 0 aliphatic carbocycles. The molecule has 1 aromatic heterocycles. The van der Waals surface area contributed by atoms with Crippen molar-refractivity contribution >= 4 is 22.4 Å². The summed E-state index contributed by atoms with van der Waals surface area (Å²) in [4.78, 5) is 4.66. The van der Waals surface area contributed by atoms with Crippen LogP contribution in [0.1, 0.15) is 36.1 Å². The maximum absolute atomic E-state index is 11.4. The number of nitrogens with zero attached hydrogens (tertiary/aromatic N) is 2. The van der Waals surface area contributed by atoms with Crippen LogP contribution in [-0.4, -0.2) is 127 Å². The average molecular weight is 766 g/mol. The molecular weight excluding hydrogens is 722 g/mol. The van der Waals surface area contributed by atoms with Gasteiger partial charge in [0.15, 0.2) is 17.8 Å². The van der Waals surface area contributed by atoms with Gasteiger partial charge in [-0.05, 0) is 49.2 Å². The molecule has 3 aliphatic rings. The number of aliphatic hydroxyl groups excluding tert-OH is 6. The number of methoxy groups -OCH3 is 1. The van der Waals surface area contributed by atoms with E-state index in [1.54, 1.807) is 12.1 Å². The predicted octanol–water partition coefficient (Wildman–Crippen LogP) is 1.33. The molecule has 11 unspecified atom stereocenters. The van der Waals surface area contributed by atoms with Gasteiger partial charge in [0, 0.05) is 23.9 Å². The predicted molar refractivity (Wildman–Crippen MR) is 193 cm³/mol. The van der Waals surface area contributed by atoms with Crippen LogP contribution < -0.4 is 19.6 Å². The first kappa shape index (κ1) is 38.5. The molecule has 294 valence electrons. The highest BCUT2D eigenvalue weighted by Gasteiger charge is 2.47. The Morgan fingerprint density at radius 1 is 0.836 bits per heavy atom. The number of phenols is 2. The number of benzene rings is 3. The van der Waals surface area contributed by atoms with Crippen LogP contribution in [0.5, 0.6) is 28.7 Å². The van der Waals surface area contributed by atoms with Crippen LogP contribution in [-0.2, 0) is 14.2 Å². The van der Waals surface area contributed by atoms with Crippen molar-refractivity contribution < 1.29 is 69.3 Å². The third-order valence-electron chi connectivity index (χ3n) is 9.95. The summed E-state index contributed by atoms with van der Waals surface area (Å²) in [5.41, 5.74) is 5.92. The van der Waals surface area contributed by atoms with Gasteiger partial charge in [-0.3, -0.25) is 5.43 Å². The molecule has 9 N–H and O–H groups in total. The lowest BCUT2D eigenvalue weighted by Gasteiger charge is -2.42. The van der Waals surface area contributed by atoms with E-state index in [1.165, 1.54) is 32.2 Å². The molecule has 4 aromatic rings. The zero-order valence-corrected chi connectivity index (χ0v) is 30.0. The molecule has 17 heteroatoms. The van der Waals surface area contributed by atoms with E-state index in [0.29, 0.717) is 17.1 Å². The SMILES string of the molecule is COc1ccc(C2CC(=NNc3cc(C)c4ccccc4n3)c3c(O)cc(OC4OC(COC5OC(C)C(O)C(O)C5O)C(O)C(O)C4O)cc3O2)cc1O. The topological polar surface area (TPSA) is 254 Å². The second kappa shape index (κ2) is 15.7. The van der Waals surface area contributed by atoms with Gasteiger partial charge in [0.1, 0.15) is 71.9 Å². The second-order valence-corrected chi connectivity index (χ2v) is 13.7. The van der Waals surface area contributed by atoms with Gasteiger partial charge in [-0.25, -0.2) is 4.98 Å². The maximum atomic E-state index is 11.4. The summed E-state index contributed by atoms with van der Waals surface area (Å²) in [5.74, 6) is 0.363. The summed E-state index contributed by atoms with van der Waals surface area (Å²) in [5, 5.41) is 90.2. The summed E-state index contributed by atoms with van der Waals surface area (Å²) < 4.78 is 34.2. The molecule has 0 saturated carbocycles. The second-order valence-electron chi connectivity index (χ2n) is 13.7. The zero-order valence-electron chi connectivity index (χ0n) is 30.0. The van der Waals surface area contributed by atoms with Gasteiger partial charge in [0.25, 0.3) is 0 Å². The monoisotopic (exact) mass is 765 g/mol. The summed E-state index contributed by atoms with van der Waals surface area (Å²) in [7, 11) is 1.43. The lowest BCUT2D eigenvalue weighted by molar-refractivity contribution is -0.318. The number of aliphatic hydroxyl groups is 6. The molecule has 3 aromatic carbocycles. The van der Waals surface area contributed by atoms with Crippen LogP contribution >= 0.6 is 0 Å². The Balaban J connectivity index is 1.15. The Hall–Kier alpha value is -4.82. The number of hydrazone groups is 1. The average Bonchev–Trinajstić information content (AvgIpc) is 3.17. The van der Waals surface area contributed by atoms with Gasteiger partial charge in [0.05, 0.1) is 36.6 Å². The van der Waals surface area contributed by atoms with Crippen molar-refractivity contribution in [1.29, 1.82) is 0 Å². The molecule has 3 aliphatic heterocycles. The van der Waals surface area contributed by atoms with E-state index in [2.05, 4.69) is 15.5 Å². The minimum atomic E-state index is -1.78. The number of aromatic nitrogens is 1. The van der Waals surface area contributed by atoms with E-state index in [4.69, 9.17) is 28.4 Å². The Morgan fingerprint density at radius 2 is 1.58 bits per heavy atom. The molecule has 2 saturated heterocycles. The van der Waals surface area contributed by atoms with E-state index in [9.17, 15) is 40.9 Å². The van der Waals surface area contributed by atoms with Crippen LogP contribution in [0.3, 0.4) is 0 Å². The first-order valence-electron chi connectivity index (χ1n) is 17.6. The normalized spacial score (nSPS) is 31.4. The van der Waals surface area contributed by atoms with Crippen LogP contribution in [0.2, 0.25) is 0 Å². The van der Waals surface area contributed by atoms with E-state index in [1.807, 2.05) is 37.3 Å². The number of para-hydroxylation sites is 1. The standard InChI is InChI=1S/C38H43N3O14/c1-16-10-29(39-21-7-5-4-6-20(16)21)41-40-22-14-26(18-8-9-25(50-3)23(42)11-18)54-27-13-19(12-24(43)30(22)27)53-38-36(49)34(47)32(45)28(55-38)15-51-37-35(48)33(46)31(44)17(2)52-37/h4-13,17,26,28,31-38,42-49H,14-15H2,1-3H3,(H,39,41). The molecule has 0 bridgehead atoms. The first-order valence-corrected chi connectivity index (χ1v) is 17.6. The molecular formula is C38H43N3O14. The number of pyridine rings is 1. The van der Waals surface area contributed by atoms with Crippen molar-refractivity contribution in [2.45, 2.75) is 87.8 Å².